The molecule has 0 unspecified atom stereocenters. The predicted octanol–water partition coefficient (Wildman–Crippen LogP) is 1.79. The Balaban J connectivity index is 2.22. The van der Waals surface area contributed by atoms with Gasteiger partial charge in [-0.05, 0) is 18.3 Å². The van der Waals surface area contributed by atoms with Crippen molar-refractivity contribution >= 4 is 5.78 Å². The van der Waals surface area contributed by atoms with Crippen LogP contribution in [0.15, 0.2) is 12.2 Å². The number of hydrogen-bond donors (Lipinski definition) is 0. The van der Waals surface area contributed by atoms with Crippen molar-refractivity contribution < 1.29 is 4.79 Å². The lowest BCUT2D eigenvalue weighted by Gasteiger charge is -2.10. The van der Waals surface area contributed by atoms with Crippen molar-refractivity contribution in [1.82, 2.24) is 0 Å². The first kappa shape index (κ1) is 6.14. The Morgan fingerprint density at radius 2 is 2.40 bits per heavy atom. The molecule has 0 radical (unpaired) electrons. The molecule has 2 aliphatic rings. The van der Waals surface area contributed by atoms with Crippen LogP contribution in [0.25, 0.3) is 0 Å². The smallest absolute Gasteiger partial charge is 0.136 e. The molecule has 0 aromatic rings. The minimum absolute atomic E-state index is 0.333. The zero-order valence-electron chi connectivity index (χ0n) is 6.21. The Kier molecular flexibility index (Phi) is 1.19. The summed E-state index contributed by atoms with van der Waals surface area (Å²) in [7, 11) is 0. The Bertz CT molecular complexity index is 193. The van der Waals surface area contributed by atoms with Crippen molar-refractivity contribution in [3.05, 3.63) is 12.2 Å². The van der Waals surface area contributed by atoms with Gasteiger partial charge in [-0.15, -0.1) is 0 Å². The van der Waals surface area contributed by atoms with Gasteiger partial charge in [-0.25, -0.2) is 0 Å². The van der Waals surface area contributed by atoms with E-state index >= 15 is 0 Å². The summed E-state index contributed by atoms with van der Waals surface area (Å²) in [5.41, 5.74) is 0. The molecule has 0 bridgehead atoms. The molecule has 3 atom stereocenters. The van der Waals surface area contributed by atoms with E-state index in [-0.39, 0.29) is 0 Å². The van der Waals surface area contributed by atoms with Gasteiger partial charge in [-0.1, -0.05) is 19.1 Å². The summed E-state index contributed by atoms with van der Waals surface area (Å²) >= 11 is 0. The number of carbonyl (C=O) groups excluding carboxylic acids is 1. The molecule has 0 aromatic heterocycles. The van der Waals surface area contributed by atoms with Crippen LogP contribution in [0.2, 0.25) is 0 Å². The number of carbonyl (C=O) groups is 1. The molecule has 1 fully saturated rings. The highest BCUT2D eigenvalue weighted by Crippen LogP contribution is 2.41. The Morgan fingerprint density at radius 1 is 1.60 bits per heavy atom. The van der Waals surface area contributed by atoms with Crippen LogP contribution in [-0.2, 0) is 4.79 Å². The van der Waals surface area contributed by atoms with Crippen molar-refractivity contribution in [1.29, 1.82) is 0 Å². The first-order chi connectivity index (χ1) is 4.79. The van der Waals surface area contributed by atoms with Gasteiger partial charge in [0.2, 0.25) is 0 Å². The maximum absolute atomic E-state index is 11.2. The van der Waals surface area contributed by atoms with E-state index in [1.807, 2.05) is 0 Å². The van der Waals surface area contributed by atoms with Gasteiger partial charge in [0, 0.05) is 12.3 Å². The summed E-state index contributed by atoms with van der Waals surface area (Å²) in [6, 6.07) is 0. The minimum atomic E-state index is 0.333. The second kappa shape index (κ2) is 1.94. The topological polar surface area (TPSA) is 17.1 Å². The molecule has 2 rings (SSSR count). The monoisotopic (exact) mass is 136 g/mol. The molecule has 54 valence electrons. The summed E-state index contributed by atoms with van der Waals surface area (Å²) < 4.78 is 0. The van der Waals surface area contributed by atoms with Crippen molar-refractivity contribution in [3.8, 4) is 0 Å². The third-order valence-corrected chi connectivity index (χ3v) is 2.93. The molecular weight excluding hydrogens is 124 g/mol. The first-order valence-corrected chi connectivity index (χ1v) is 3.98. The van der Waals surface area contributed by atoms with E-state index in [4.69, 9.17) is 0 Å². The molecular formula is C9H12O. The SMILES string of the molecule is C[C@@H]1C(=O)C[C@H]2C=CC[C@H]21. The van der Waals surface area contributed by atoms with Crippen LogP contribution in [0.1, 0.15) is 19.8 Å². The molecule has 0 N–H and O–H groups in total. The van der Waals surface area contributed by atoms with Gasteiger partial charge in [0.05, 0.1) is 0 Å². The molecule has 2 aliphatic carbocycles. The highest BCUT2D eigenvalue weighted by Gasteiger charge is 2.39. The third kappa shape index (κ3) is 0.664. The fraction of sp³-hybridized carbons (Fsp3) is 0.667. The van der Waals surface area contributed by atoms with E-state index in [9.17, 15) is 4.79 Å². The largest absolute Gasteiger partial charge is 0.299 e. The summed E-state index contributed by atoms with van der Waals surface area (Å²) in [6.45, 7) is 2.07. The minimum Gasteiger partial charge on any atom is -0.299 e. The molecule has 0 aromatic carbocycles. The normalized spacial score (nSPS) is 44.5. The van der Waals surface area contributed by atoms with Crippen LogP contribution in [0.3, 0.4) is 0 Å². The van der Waals surface area contributed by atoms with Crippen LogP contribution in [0.5, 0.6) is 0 Å². The highest BCUT2D eigenvalue weighted by molar-refractivity contribution is 5.84. The molecule has 0 aliphatic heterocycles. The molecule has 10 heavy (non-hydrogen) atoms. The van der Waals surface area contributed by atoms with Crippen molar-refractivity contribution in [2.75, 3.05) is 0 Å². The average molecular weight is 136 g/mol. The van der Waals surface area contributed by atoms with Gasteiger partial charge in [0.15, 0.2) is 0 Å². The van der Waals surface area contributed by atoms with Crippen molar-refractivity contribution in [2.45, 2.75) is 19.8 Å². The fourth-order valence-electron chi connectivity index (χ4n) is 2.18. The summed E-state index contributed by atoms with van der Waals surface area (Å²) in [5, 5.41) is 0. The molecule has 1 heteroatoms. The summed E-state index contributed by atoms with van der Waals surface area (Å²) in [5.74, 6) is 2.06. The number of hydrogen-bond acceptors (Lipinski definition) is 1. The Hall–Kier alpha value is -0.590. The molecule has 1 nitrogen and oxygen atoms in total. The van der Waals surface area contributed by atoms with Crippen LogP contribution in [0, 0.1) is 17.8 Å². The number of fused-ring (bicyclic) bond motifs is 1. The highest BCUT2D eigenvalue weighted by atomic mass is 16.1. The lowest BCUT2D eigenvalue weighted by atomic mass is 9.93. The van der Waals surface area contributed by atoms with Crippen LogP contribution in [-0.4, -0.2) is 5.78 Å². The van der Waals surface area contributed by atoms with E-state index in [1.165, 1.54) is 0 Å². The van der Waals surface area contributed by atoms with E-state index in [1.54, 1.807) is 0 Å². The maximum atomic E-state index is 11.2. The number of ketones is 1. The van der Waals surface area contributed by atoms with E-state index in [0.29, 0.717) is 23.5 Å². The van der Waals surface area contributed by atoms with Gasteiger partial charge < -0.3 is 0 Å². The first-order valence-electron chi connectivity index (χ1n) is 3.98. The number of Topliss-reactive ketones (excluding diaryl/α,β-unsaturated/α-hetero) is 1. The van der Waals surface area contributed by atoms with E-state index in [0.717, 1.165) is 12.8 Å². The zero-order chi connectivity index (χ0) is 7.14. The Morgan fingerprint density at radius 3 is 3.10 bits per heavy atom. The number of rotatable bonds is 0. The second-order valence-corrected chi connectivity index (χ2v) is 3.45. The lowest BCUT2D eigenvalue weighted by molar-refractivity contribution is -0.120. The lowest BCUT2D eigenvalue weighted by Crippen LogP contribution is -2.09. The second-order valence-electron chi connectivity index (χ2n) is 3.45. The quantitative estimate of drug-likeness (QED) is 0.464. The van der Waals surface area contributed by atoms with E-state index in [2.05, 4.69) is 19.1 Å². The molecule has 0 spiro atoms. The standard InChI is InChI=1S/C9H12O/c1-6-8-4-2-3-7(8)5-9(6)10/h2-3,6-8H,4-5H2,1H3/t6-,7+,8-/m0/s1. The molecule has 1 saturated carbocycles. The molecule has 0 saturated heterocycles. The van der Waals surface area contributed by atoms with Gasteiger partial charge in [0.1, 0.15) is 5.78 Å². The molecule has 0 amide bonds. The third-order valence-electron chi connectivity index (χ3n) is 2.93. The summed E-state index contributed by atoms with van der Waals surface area (Å²) in [4.78, 5) is 11.2. The van der Waals surface area contributed by atoms with Crippen LogP contribution in [0.4, 0.5) is 0 Å². The predicted molar refractivity (Wildman–Crippen MR) is 39.5 cm³/mol. The molecule has 0 heterocycles. The van der Waals surface area contributed by atoms with E-state index < -0.39 is 0 Å². The zero-order valence-corrected chi connectivity index (χ0v) is 6.21. The number of allylic oxidation sites excluding steroid dienone is 2. The van der Waals surface area contributed by atoms with Crippen LogP contribution < -0.4 is 0 Å². The average Bonchev–Trinajstić information content (AvgIpc) is 2.41. The van der Waals surface area contributed by atoms with Crippen molar-refractivity contribution in [2.24, 2.45) is 17.8 Å². The van der Waals surface area contributed by atoms with Crippen molar-refractivity contribution in [3.63, 3.8) is 0 Å². The van der Waals surface area contributed by atoms with Gasteiger partial charge in [-0.3, -0.25) is 4.79 Å². The fourth-order valence-corrected chi connectivity index (χ4v) is 2.18. The van der Waals surface area contributed by atoms with Gasteiger partial charge >= 0.3 is 0 Å². The maximum Gasteiger partial charge on any atom is 0.136 e. The van der Waals surface area contributed by atoms with Gasteiger partial charge in [0.25, 0.3) is 0 Å². The van der Waals surface area contributed by atoms with Crippen LogP contribution >= 0.6 is 0 Å². The summed E-state index contributed by atoms with van der Waals surface area (Å²) in [6.07, 6.45) is 6.38. The Labute approximate surface area is 61.1 Å². The van der Waals surface area contributed by atoms with Gasteiger partial charge in [-0.2, -0.15) is 0 Å².